The van der Waals surface area contributed by atoms with E-state index < -0.39 is 21.0 Å². The van der Waals surface area contributed by atoms with E-state index in [4.69, 9.17) is 16.7 Å². The molecule has 1 aromatic carbocycles. The van der Waals surface area contributed by atoms with Crippen molar-refractivity contribution in [2.24, 2.45) is 12.2 Å². The second-order valence-electron chi connectivity index (χ2n) is 3.51. The predicted molar refractivity (Wildman–Crippen MR) is 62.8 cm³/mol. The lowest BCUT2D eigenvalue weighted by Crippen LogP contribution is -2.17. The first-order chi connectivity index (χ1) is 8.32. The van der Waals surface area contributed by atoms with Crippen LogP contribution < -0.4 is 5.14 Å². The van der Waals surface area contributed by atoms with E-state index in [0.29, 0.717) is 0 Å². The minimum atomic E-state index is -4.02. The van der Waals surface area contributed by atoms with Crippen molar-refractivity contribution in [3.8, 4) is 11.4 Å². The Labute approximate surface area is 107 Å². The summed E-state index contributed by atoms with van der Waals surface area (Å²) in [5, 5.41) is 11.6. The molecule has 0 aliphatic rings. The lowest BCUT2D eigenvalue weighted by atomic mass is 10.2. The summed E-state index contributed by atoms with van der Waals surface area (Å²) in [7, 11) is -2.66. The van der Waals surface area contributed by atoms with Crippen molar-refractivity contribution in [3.63, 3.8) is 0 Å². The van der Waals surface area contributed by atoms with Gasteiger partial charge in [0.2, 0.25) is 0 Å². The van der Waals surface area contributed by atoms with Gasteiger partial charge in [-0.1, -0.05) is 17.7 Å². The normalized spacial score (nSPS) is 11.8. The van der Waals surface area contributed by atoms with Gasteiger partial charge in [0.25, 0.3) is 15.2 Å². The molecule has 96 valence electrons. The van der Waals surface area contributed by atoms with Gasteiger partial charge in [-0.25, -0.2) is 17.9 Å². The molecule has 9 heteroatoms. The third kappa shape index (κ3) is 2.09. The molecule has 0 aliphatic heterocycles. The second kappa shape index (κ2) is 4.30. The first-order valence-corrected chi connectivity index (χ1v) is 6.61. The summed E-state index contributed by atoms with van der Waals surface area (Å²) >= 11 is 5.86. The van der Waals surface area contributed by atoms with Crippen LogP contribution >= 0.6 is 11.6 Å². The van der Waals surface area contributed by atoms with Gasteiger partial charge in [0, 0.05) is 7.05 Å². The Bertz CT molecular complexity index is 693. The Morgan fingerprint density at radius 3 is 2.56 bits per heavy atom. The van der Waals surface area contributed by atoms with Crippen LogP contribution in [-0.2, 0) is 17.1 Å². The number of aromatic nitrogens is 3. The van der Waals surface area contributed by atoms with Crippen molar-refractivity contribution < 1.29 is 12.8 Å². The van der Waals surface area contributed by atoms with Crippen molar-refractivity contribution in [2.45, 2.75) is 5.16 Å². The molecule has 0 unspecified atom stereocenters. The number of nitrogens with two attached hydrogens (primary N) is 1. The average molecular weight is 291 g/mol. The van der Waals surface area contributed by atoms with E-state index in [1.165, 1.54) is 25.2 Å². The van der Waals surface area contributed by atoms with E-state index in [1.807, 2.05) is 0 Å². The van der Waals surface area contributed by atoms with Crippen LogP contribution in [0.25, 0.3) is 11.4 Å². The Kier molecular flexibility index (Phi) is 3.09. The fourth-order valence-electron chi connectivity index (χ4n) is 1.49. The van der Waals surface area contributed by atoms with Crippen LogP contribution in [0.4, 0.5) is 4.39 Å². The summed E-state index contributed by atoms with van der Waals surface area (Å²) in [4.78, 5) is 0. The van der Waals surface area contributed by atoms with Gasteiger partial charge in [-0.05, 0) is 12.1 Å². The Hall–Kier alpha value is -1.51. The third-order valence-electron chi connectivity index (χ3n) is 2.28. The molecule has 6 nitrogen and oxygen atoms in total. The Morgan fingerprint density at radius 2 is 2.06 bits per heavy atom. The van der Waals surface area contributed by atoms with Gasteiger partial charge in [-0.15, -0.1) is 10.2 Å². The Balaban J connectivity index is 2.71. The van der Waals surface area contributed by atoms with Gasteiger partial charge in [0.15, 0.2) is 5.82 Å². The van der Waals surface area contributed by atoms with Gasteiger partial charge in [-0.3, -0.25) is 4.57 Å². The lowest BCUT2D eigenvalue weighted by Gasteiger charge is -2.05. The fourth-order valence-corrected chi connectivity index (χ4v) is 2.36. The predicted octanol–water partition coefficient (Wildman–Crippen LogP) is 0.922. The summed E-state index contributed by atoms with van der Waals surface area (Å²) in [5.74, 6) is -0.638. The summed E-state index contributed by atoms with van der Waals surface area (Å²) in [6, 6.07) is 4.08. The summed E-state index contributed by atoms with van der Waals surface area (Å²) in [6.45, 7) is 0. The average Bonchev–Trinajstić information content (AvgIpc) is 2.60. The van der Waals surface area contributed by atoms with E-state index in [0.717, 1.165) is 4.57 Å². The minimum absolute atomic E-state index is 0.0119. The first-order valence-electron chi connectivity index (χ1n) is 4.69. The highest BCUT2D eigenvalue weighted by Gasteiger charge is 2.22. The number of primary sulfonamides is 1. The molecule has 18 heavy (non-hydrogen) atoms. The van der Waals surface area contributed by atoms with Crippen LogP contribution in [-0.4, -0.2) is 23.2 Å². The number of nitrogens with zero attached hydrogens (tertiary/aromatic N) is 3. The van der Waals surface area contributed by atoms with Gasteiger partial charge >= 0.3 is 0 Å². The van der Waals surface area contributed by atoms with E-state index >= 15 is 0 Å². The number of benzene rings is 1. The third-order valence-corrected chi connectivity index (χ3v) is 3.46. The highest BCUT2D eigenvalue weighted by Crippen LogP contribution is 2.29. The molecule has 0 radical (unpaired) electrons. The standard InChI is InChI=1S/C9H8ClFN4O2S/c1-15-8(13-14-9(15)18(12,16)17)7-5(10)3-2-4-6(7)11/h2-4H,1H3,(H2,12,16,17). The molecule has 1 aromatic heterocycles. The van der Waals surface area contributed by atoms with Crippen LogP contribution in [0, 0.1) is 5.82 Å². The molecule has 1 heterocycles. The number of rotatable bonds is 2. The smallest absolute Gasteiger partial charge is 0.273 e. The van der Waals surface area contributed by atoms with E-state index in [-0.39, 0.29) is 16.4 Å². The minimum Gasteiger partial charge on any atom is -0.300 e. The van der Waals surface area contributed by atoms with Crippen LogP contribution in [0.5, 0.6) is 0 Å². The molecule has 2 rings (SSSR count). The molecule has 0 aliphatic carbocycles. The molecule has 0 spiro atoms. The molecule has 0 amide bonds. The highest BCUT2D eigenvalue weighted by atomic mass is 35.5. The van der Waals surface area contributed by atoms with E-state index in [2.05, 4.69) is 10.2 Å². The second-order valence-corrected chi connectivity index (χ2v) is 5.37. The van der Waals surface area contributed by atoms with Crippen molar-refractivity contribution in [2.75, 3.05) is 0 Å². The topological polar surface area (TPSA) is 90.9 Å². The quantitative estimate of drug-likeness (QED) is 0.890. The fraction of sp³-hybridized carbons (Fsp3) is 0.111. The summed E-state index contributed by atoms with van der Waals surface area (Å²) in [6.07, 6.45) is 0. The molecule has 2 N–H and O–H groups in total. The van der Waals surface area contributed by atoms with Gasteiger partial charge < -0.3 is 0 Å². The zero-order valence-corrected chi connectivity index (χ0v) is 10.7. The van der Waals surface area contributed by atoms with Crippen LogP contribution in [0.2, 0.25) is 5.02 Å². The zero-order valence-electron chi connectivity index (χ0n) is 9.13. The van der Waals surface area contributed by atoms with Crippen LogP contribution in [0.3, 0.4) is 0 Å². The zero-order chi connectivity index (χ0) is 13.5. The van der Waals surface area contributed by atoms with Crippen molar-refractivity contribution in [3.05, 3.63) is 29.0 Å². The highest BCUT2D eigenvalue weighted by molar-refractivity contribution is 7.89. The van der Waals surface area contributed by atoms with E-state index in [9.17, 15) is 12.8 Å². The van der Waals surface area contributed by atoms with Gasteiger partial charge in [0.1, 0.15) is 5.82 Å². The maximum Gasteiger partial charge on any atom is 0.273 e. The molecular weight excluding hydrogens is 283 g/mol. The number of hydrogen-bond acceptors (Lipinski definition) is 4. The number of halogens is 2. The molecule has 0 atom stereocenters. The van der Waals surface area contributed by atoms with E-state index in [1.54, 1.807) is 0 Å². The first kappa shape index (κ1) is 12.9. The molecule has 0 fully saturated rings. The molecule has 0 bridgehead atoms. The molecule has 2 aromatic rings. The van der Waals surface area contributed by atoms with Crippen molar-refractivity contribution in [1.82, 2.24) is 14.8 Å². The maximum atomic E-state index is 13.7. The summed E-state index contributed by atoms with van der Waals surface area (Å²) < 4.78 is 37.1. The Morgan fingerprint density at radius 1 is 1.39 bits per heavy atom. The largest absolute Gasteiger partial charge is 0.300 e. The molecule has 0 saturated carbocycles. The monoisotopic (exact) mass is 290 g/mol. The number of hydrogen-bond donors (Lipinski definition) is 1. The van der Waals surface area contributed by atoms with Crippen molar-refractivity contribution in [1.29, 1.82) is 0 Å². The molecule has 0 saturated heterocycles. The molecular formula is C9H8ClFN4O2S. The van der Waals surface area contributed by atoms with Crippen LogP contribution in [0.15, 0.2) is 23.4 Å². The lowest BCUT2D eigenvalue weighted by molar-refractivity contribution is 0.580. The summed E-state index contributed by atoms with van der Waals surface area (Å²) in [5.41, 5.74) is -0.0240. The van der Waals surface area contributed by atoms with Gasteiger partial charge in [-0.2, -0.15) is 0 Å². The van der Waals surface area contributed by atoms with Crippen molar-refractivity contribution >= 4 is 21.6 Å². The number of sulfonamides is 1. The van der Waals surface area contributed by atoms with Gasteiger partial charge in [0.05, 0.1) is 10.6 Å². The maximum absolute atomic E-state index is 13.7. The van der Waals surface area contributed by atoms with Crippen LogP contribution in [0.1, 0.15) is 0 Å². The SMILES string of the molecule is Cn1c(-c2c(F)cccc2Cl)nnc1S(N)(=O)=O.